The number of hydrogen-bond acceptors (Lipinski definition) is 4. The van der Waals surface area contributed by atoms with Crippen molar-refractivity contribution in [1.29, 1.82) is 0 Å². The van der Waals surface area contributed by atoms with E-state index in [-0.39, 0.29) is 37.1 Å². The summed E-state index contributed by atoms with van der Waals surface area (Å²) in [5, 5.41) is 5.79. The van der Waals surface area contributed by atoms with Gasteiger partial charge in [-0.15, -0.1) is 0 Å². The molecule has 4 amide bonds. The molecule has 2 N–H and O–H groups in total. The standard InChI is InChI=1S/C22H20ClN3O4/c1-12-8-13(2-5-17(12)23)9-20(28)24-15-3-4-16-14(10-15)11-26(22(16)30)18-6-7-19(27)25-21(18)29/h2-5,8,10,18H,6-7,9,11H2,1H3,(H,24,28)(H,25,27,29). The van der Waals surface area contributed by atoms with Crippen LogP contribution in [0.1, 0.15) is 39.9 Å². The van der Waals surface area contributed by atoms with Crippen molar-refractivity contribution >= 4 is 40.9 Å². The highest BCUT2D eigenvalue weighted by Crippen LogP contribution is 2.29. The third-order valence-corrected chi connectivity index (χ3v) is 5.82. The fourth-order valence-electron chi connectivity index (χ4n) is 3.86. The number of piperidine rings is 1. The molecule has 0 spiro atoms. The van der Waals surface area contributed by atoms with E-state index in [2.05, 4.69) is 10.6 Å². The van der Waals surface area contributed by atoms with Gasteiger partial charge in [-0.1, -0.05) is 23.7 Å². The van der Waals surface area contributed by atoms with Crippen LogP contribution >= 0.6 is 11.6 Å². The second-order valence-corrected chi connectivity index (χ2v) is 7.99. The molecule has 0 radical (unpaired) electrons. The molecule has 2 aromatic carbocycles. The second kappa shape index (κ2) is 7.91. The van der Waals surface area contributed by atoms with Crippen LogP contribution in [0.25, 0.3) is 0 Å². The molecular weight excluding hydrogens is 406 g/mol. The summed E-state index contributed by atoms with van der Waals surface area (Å²) in [4.78, 5) is 50.1. The van der Waals surface area contributed by atoms with Gasteiger partial charge in [0.15, 0.2) is 0 Å². The summed E-state index contributed by atoms with van der Waals surface area (Å²) < 4.78 is 0. The Bertz CT molecular complexity index is 1080. The lowest BCUT2D eigenvalue weighted by molar-refractivity contribution is -0.137. The van der Waals surface area contributed by atoms with Crippen LogP contribution in [0.2, 0.25) is 5.02 Å². The molecule has 1 fully saturated rings. The Kier molecular flexibility index (Phi) is 5.30. The molecule has 154 valence electrons. The number of carbonyl (C=O) groups excluding carboxylic acids is 4. The largest absolute Gasteiger partial charge is 0.326 e. The Morgan fingerprint density at radius 1 is 1.20 bits per heavy atom. The van der Waals surface area contributed by atoms with Crippen LogP contribution in [-0.2, 0) is 27.3 Å². The summed E-state index contributed by atoms with van der Waals surface area (Å²) in [5.41, 5.74) is 3.60. The van der Waals surface area contributed by atoms with E-state index in [1.165, 1.54) is 4.90 Å². The third kappa shape index (κ3) is 3.93. The quantitative estimate of drug-likeness (QED) is 0.736. The molecule has 0 saturated carbocycles. The number of rotatable bonds is 4. The van der Waals surface area contributed by atoms with Gasteiger partial charge in [0.05, 0.1) is 6.42 Å². The first-order chi connectivity index (χ1) is 14.3. The fourth-order valence-corrected chi connectivity index (χ4v) is 3.98. The summed E-state index contributed by atoms with van der Waals surface area (Å²) >= 11 is 6.02. The molecule has 7 nitrogen and oxygen atoms in total. The smallest absolute Gasteiger partial charge is 0.255 e. The van der Waals surface area contributed by atoms with E-state index in [1.54, 1.807) is 24.3 Å². The van der Waals surface area contributed by atoms with Crippen LogP contribution < -0.4 is 10.6 Å². The van der Waals surface area contributed by atoms with E-state index in [0.29, 0.717) is 22.7 Å². The van der Waals surface area contributed by atoms with Crippen molar-refractivity contribution < 1.29 is 19.2 Å². The van der Waals surface area contributed by atoms with Gasteiger partial charge in [0, 0.05) is 29.2 Å². The Morgan fingerprint density at radius 3 is 2.73 bits per heavy atom. The van der Waals surface area contributed by atoms with Crippen molar-refractivity contribution in [2.75, 3.05) is 5.32 Å². The SMILES string of the molecule is Cc1cc(CC(=O)Nc2ccc3c(c2)CN(C2CCC(=O)NC2=O)C3=O)ccc1Cl. The Morgan fingerprint density at radius 2 is 2.00 bits per heavy atom. The molecule has 30 heavy (non-hydrogen) atoms. The van der Waals surface area contributed by atoms with Gasteiger partial charge >= 0.3 is 0 Å². The summed E-state index contributed by atoms with van der Waals surface area (Å²) in [6.07, 6.45) is 0.729. The first-order valence-corrected chi connectivity index (χ1v) is 10.0. The maximum Gasteiger partial charge on any atom is 0.255 e. The normalized spacial score (nSPS) is 18.3. The average Bonchev–Trinajstić information content (AvgIpc) is 3.00. The predicted molar refractivity (Wildman–Crippen MR) is 111 cm³/mol. The number of aryl methyl sites for hydroxylation is 1. The van der Waals surface area contributed by atoms with Crippen molar-refractivity contribution in [3.63, 3.8) is 0 Å². The monoisotopic (exact) mass is 425 g/mol. The number of nitrogens with zero attached hydrogens (tertiary/aromatic N) is 1. The maximum atomic E-state index is 12.7. The summed E-state index contributed by atoms with van der Waals surface area (Å²) in [7, 11) is 0. The van der Waals surface area contributed by atoms with Gasteiger partial charge in [-0.3, -0.25) is 24.5 Å². The average molecular weight is 426 g/mol. The summed E-state index contributed by atoms with van der Waals surface area (Å²) in [5.74, 6) is -1.18. The van der Waals surface area contributed by atoms with Gasteiger partial charge in [-0.2, -0.15) is 0 Å². The van der Waals surface area contributed by atoms with Crippen LogP contribution in [0.5, 0.6) is 0 Å². The number of fused-ring (bicyclic) bond motifs is 1. The molecule has 4 rings (SSSR count). The minimum absolute atomic E-state index is 0.178. The van der Waals surface area contributed by atoms with Crippen LogP contribution in [0, 0.1) is 6.92 Å². The van der Waals surface area contributed by atoms with Crippen LogP contribution in [-0.4, -0.2) is 34.6 Å². The molecular formula is C22H20ClN3O4. The van der Waals surface area contributed by atoms with E-state index < -0.39 is 11.9 Å². The lowest BCUT2D eigenvalue weighted by Crippen LogP contribution is -2.52. The highest BCUT2D eigenvalue weighted by molar-refractivity contribution is 6.31. The first kappa shape index (κ1) is 20.1. The highest BCUT2D eigenvalue weighted by Gasteiger charge is 2.39. The van der Waals surface area contributed by atoms with E-state index >= 15 is 0 Å². The van der Waals surface area contributed by atoms with Crippen molar-refractivity contribution in [2.45, 2.75) is 38.8 Å². The van der Waals surface area contributed by atoms with Gasteiger partial charge < -0.3 is 10.2 Å². The number of imide groups is 1. The molecule has 2 aliphatic heterocycles. The van der Waals surface area contributed by atoms with Gasteiger partial charge in [0.2, 0.25) is 17.7 Å². The second-order valence-electron chi connectivity index (χ2n) is 7.58. The molecule has 2 aliphatic rings. The number of nitrogens with one attached hydrogen (secondary N) is 2. The van der Waals surface area contributed by atoms with Crippen molar-refractivity contribution in [3.05, 3.63) is 63.7 Å². The number of carbonyl (C=O) groups is 4. The molecule has 2 heterocycles. The highest BCUT2D eigenvalue weighted by atomic mass is 35.5. The zero-order valence-electron chi connectivity index (χ0n) is 16.3. The summed E-state index contributed by atoms with van der Waals surface area (Å²) in [6.45, 7) is 2.15. The Labute approximate surface area is 178 Å². The van der Waals surface area contributed by atoms with E-state index in [4.69, 9.17) is 11.6 Å². The molecule has 0 bridgehead atoms. The van der Waals surface area contributed by atoms with Gasteiger partial charge in [0.25, 0.3) is 5.91 Å². The lowest BCUT2D eigenvalue weighted by atomic mass is 10.0. The molecule has 0 aliphatic carbocycles. The molecule has 8 heteroatoms. The van der Waals surface area contributed by atoms with Crippen LogP contribution in [0.15, 0.2) is 36.4 Å². The maximum absolute atomic E-state index is 12.7. The Balaban J connectivity index is 1.44. The Hall–Kier alpha value is -3.19. The zero-order valence-corrected chi connectivity index (χ0v) is 17.1. The van der Waals surface area contributed by atoms with Crippen molar-refractivity contribution in [1.82, 2.24) is 10.2 Å². The van der Waals surface area contributed by atoms with Gasteiger partial charge in [0.1, 0.15) is 6.04 Å². The molecule has 0 aromatic heterocycles. The third-order valence-electron chi connectivity index (χ3n) is 5.39. The fraction of sp³-hybridized carbons (Fsp3) is 0.273. The molecule has 2 aromatic rings. The minimum atomic E-state index is -0.659. The van der Waals surface area contributed by atoms with Crippen LogP contribution in [0.3, 0.4) is 0 Å². The zero-order chi connectivity index (χ0) is 21.4. The van der Waals surface area contributed by atoms with Crippen molar-refractivity contribution in [3.8, 4) is 0 Å². The number of amides is 4. The minimum Gasteiger partial charge on any atom is -0.326 e. The molecule has 1 atom stereocenters. The van der Waals surface area contributed by atoms with E-state index in [0.717, 1.165) is 16.7 Å². The first-order valence-electron chi connectivity index (χ1n) is 9.64. The number of benzene rings is 2. The predicted octanol–water partition coefficient (Wildman–Crippen LogP) is 2.59. The topological polar surface area (TPSA) is 95.6 Å². The van der Waals surface area contributed by atoms with Crippen molar-refractivity contribution in [2.24, 2.45) is 0 Å². The number of halogens is 1. The van der Waals surface area contributed by atoms with E-state index in [1.807, 2.05) is 19.1 Å². The van der Waals surface area contributed by atoms with E-state index in [9.17, 15) is 19.2 Å². The number of hydrogen-bond donors (Lipinski definition) is 2. The van der Waals surface area contributed by atoms with Crippen LogP contribution in [0.4, 0.5) is 5.69 Å². The lowest BCUT2D eigenvalue weighted by Gasteiger charge is -2.29. The summed E-state index contributed by atoms with van der Waals surface area (Å²) in [6, 6.07) is 9.89. The molecule has 1 saturated heterocycles. The van der Waals surface area contributed by atoms with Gasteiger partial charge in [-0.05, 0) is 54.3 Å². The van der Waals surface area contributed by atoms with Gasteiger partial charge in [-0.25, -0.2) is 0 Å². The number of anilines is 1. The molecule has 1 unspecified atom stereocenters.